The number of nitrogens with one attached hydrogen (secondary N) is 1. The molecule has 0 bridgehead atoms. The Bertz CT molecular complexity index is 1580. The molecule has 0 aliphatic carbocycles. The van der Waals surface area contributed by atoms with Gasteiger partial charge in [-0.15, -0.1) is 0 Å². The number of fused-ring (bicyclic) bond motifs is 2. The first-order chi connectivity index (χ1) is 16.7. The molecule has 2 aromatic heterocycles. The fourth-order valence-electron chi connectivity index (χ4n) is 4.90. The highest BCUT2D eigenvalue weighted by molar-refractivity contribution is 6.32. The Hall–Kier alpha value is -3.65. The van der Waals surface area contributed by atoms with Gasteiger partial charge in [0.25, 0.3) is 5.91 Å². The average Bonchev–Trinajstić information content (AvgIpc) is 3.13. The van der Waals surface area contributed by atoms with E-state index in [1.165, 1.54) is 4.57 Å². The number of aromatic amines is 1. The molecule has 2 aromatic carbocycles. The van der Waals surface area contributed by atoms with Crippen molar-refractivity contribution >= 4 is 28.5 Å². The Morgan fingerprint density at radius 2 is 1.94 bits per heavy atom. The molecular weight excluding hydrogens is 466 g/mol. The van der Waals surface area contributed by atoms with E-state index in [1.807, 2.05) is 33.8 Å². The van der Waals surface area contributed by atoms with Crippen LogP contribution in [0.2, 0.25) is 5.02 Å². The molecule has 0 fully saturated rings. The molecule has 3 heterocycles. The number of halogens is 1. The molecule has 4 aromatic rings. The van der Waals surface area contributed by atoms with E-state index in [0.29, 0.717) is 41.3 Å². The molecule has 0 saturated heterocycles. The number of carbonyl (C=O) groups is 1. The van der Waals surface area contributed by atoms with Gasteiger partial charge in [0.1, 0.15) is 0 Å². The minimum atomic E-state index is -0.698. The van der Waals surface area contributed by atoms with Crippen LogP contribution in [-0.4, -0.2) is 36.7 Å². The maximum atomic E-state index is 13.6. The van der Waals surface area contributed by atoms with E-state index in [-0.39, 0.29) is 11.3 Å². The van der Waals surface area contributed by atoms with Crippen molar-refractivity contribution in [3.05, 3.63) is 91.2 Å². The smallest absolute Gasteiger partial charge is 0.316 e. The summed E-state index contributed by atoms with van der Waals surface area (Å²) >= 11 is 6.45. The number of nitrogens with zero attached hydrogens (tertiary/aromatic N) is 4. The van der Waals surface area contributed by atoms with Crippen LogP contribution in [0.25, 0.3) is 16.7 Å². The van der Waals surface area contributed by atoms with Crippen LogP contribution in [0.3, 0.4) is 0 Å². The predicted molar refractivity (Wildman–Crippen MR) is 135 cm³/mol. The molecule has 1 aliphatic heterocycles. The second-order valence-corrected chi connectivity index (χ2v) is 10.1. The molecule has 5 rings (SSSR count). The van der Waals surface area contributed by atoms with Gasteiger partial charge in [-0.2, -0.15) is 5.10 Å². The van der Waals surface area contributed by atoms with E-state index >= 15 is 0 Å². The number of aromatic nitrogens is 4. The topological polar surface area (TPSA) is 93.0 Å². The molecular formula is C26H26ClN5O3. The largest absolute Gasteiger partial charge is 0.334 e. The van der Waals surface area contributed by atoms with Crippen molar-refractivity contribution < 1.29 is 4.79 Å². The lowest BCUT2D eigenvalue weighted by atomic mass is 9.87. The quantitative estimate of drug-likeness (QED) is 0.441. The Labute approximate surface area is 206 Å². The fourth-order valence-corrected chi connectivity index (χ4v) is 5.11. The van der Waals surface area contributed by atoms with Crippen LogP contribution in [0, 0.1) is 5.41 Å². The molecule has 180 valence electrons. The molecule has 1 amide bonds. The number of H-pyrrole nitrogens is 1. The lowest BCUT2D eigenvalue weighted by Gasteiger charge is -2.30. The van der Waals surface area contributed by atoms with Crippen molar-refractivity contribution in [2.24, 2.45) is 5.41 Å². The van der Waals surface area contributed by atoms with E-state index in [4.69, 9.17) is 11.6 Å². The van der Waals surface area contributed by atoms with Gasteiger partial charge in [-0.25, -0.2) is 4.68 Å². The third-order valence-electron chi connectivity index (χ3n) is 6.49. The summed E-state index contributed by atoms with van der Waals surface area (Å²) in [6, 6.07) is 12.7. The monoisotopic (exact) mass is 491 g/mol. The Balaban J connectivity index is 1.54. The number of hydrogen-bond acceptors (Lipinski definition) is 4. The summed E-state index contributed by atoms with van der Waals surface area (Å²) in [4.78, 5) is 42.3. The van der Waals surface area contributed by atoms with Gasteiger partial charge < -0.3 is 14.5 Å². The normalized spacial score (nSPS) is 15.1. The molecule has 8 nitrogen and oxygen atoms in total. The summed E-state index contributed by atoms with van der Waals surface area (Å²) in [6.45, 7) is 7.38. The van der Waals surface area contributed by atoms with Gasteiger partial charge in [-0.3, -0.25) is 14.4 Å². The second kappa shape index (κ2) is 8.53. The zero-order chi connectivity index (χ0) is 24.9. The SMILES string of the molecule is CCn1c(=O)c(=O)[nH]c2cc(C(=O)N3Cc4cnn(-c5ccccc5Cl)c4CC(C)(C)C3)ccc21. The zero-order valence-corrected chi connectivity index (χ0v) is 20.6. The van der Waals surface area contributed by atoms with Gasteiger partial charge in [0.15, 0.2) is 0 Å². The average molecular weight is 492 g/mol. The molecule has 0 radical (unpaired) electrons. The maximum Gasteiger partial charge on any atom is 0.316 e. The van der Waals surface area contributed by atoms with E-state index in [2.05, 4.69) is 23.9 Å². The fraction of sp³-hybridized carbons (Fsp3) is 0.308. The lowest BCUT2D eigenvalue weighted by Crippen LogP contribution is -2.38. The maximum absolute atomic E-state index is 13.6. The number of rotatable bonds is 3. The second-order valence-electron chi connectivity index (χ2n) is 9.72. The number of amides is 1. The van der Waals surface area contributed by atoms with Crippen molar-refractivity contribution in [2.45, 2.75) is 40.3 Å². The highest BCUT2D eigenvalue weighted by Crippen LogP contribution is 2.33. The number of benzene rings is 2. The van der Waals surface area contributed by atoms with E-state index in [0.717, 1.165) is 23.4 Å². The van der Waals surface area contributed by atoms with Gasteiger partial charge in [-0.1, -0.05) is 37.6 Å². The summed E-state index contributed by atoms with van der Waals surface area (Å²) < 4.78 is 3.28. The Morgan fingerprint density at radius 1 is 1.17 bits per heavy atom. The first-order valence-electron chi connectivity index (χ1n) is 11.6. The highest BCUT2D eigenvalue weighted by Gasteiger charge is 2.33. The van der Waals surface area contributed by atoms with E-state index in [1.54, 1.807) is 31.3 Å². The third-order valence-corrected chi connectivity index (χ3v) is 6.81. The van der Waals surface area contributed by atoms with E-state index < -0.39 is 11.1 Å². The summed E-state index contributed by atoms with van der Waals surface area (Å²) in [7, 11) is 0. The summed E-state index contributed by atoms with van der Waals surface area (Å²) in [6.07, 6.45) is 2.53. The van der Waals surface area contributed by atoms with Gasteiger partial charge in [-0.05, 0) is 49.1 Å². The van der Waals surface area contributed by atoms with Gasteiger partial charge >= 0.3 is 11.1 Å². The molecule has 35 heavy (non-hydrogen) atoms. The Morgan fingerprint density at radius 3 is 2.69 bits per heavy atom. The number of para-hydroxylation sites is 1. The van der Waals surface area contributed by atoms with Gasteiger partial charge in [0.2, 0.25) is 0 Å². The molecule has 9 heteroatoms. The van der Waals surface area contributed by atoms with Crippen LogP contribution < -0.4 is 11.1 Å². The van der Waals surface area contributed by atoms with Crippen LogP contribution in [-0.2, 0) is 19.5 Å². The van der Waals surface area contributed by atoms with Crippen molar-refractivity contribution in [1.82, 2.24) is 24.2 Å². The third kappa shape index (κ3) is 4.08. The molecule has 0 atom stereocenters. The number of aryl methyl sites for hydroxylation is 1. The predicted octanol–water partition coefficient (Wildman–Crippen LogP) is 3.77. The molecule has 0 spiro atoms. The van der Waals surface area contributed by atoms with Crippen molar-refractivity contribution in [2.75, 3.05) is 6.54 Å². The first kappa shape index (κ1) is 23.1. The van der Waals surface area contributed by atoms with Crippen molar-refractivity contribution in [3.8, 4) is 5.69 Å². The summed E-state index contributed by atoms with van der Waals surface area (Å²) in [5, 5.41) is 5.22. The van der Waals surface area contributed by atoms with Crippen LogP contribution >= 0.6 is 11.6 Å². The van der Waals surface area contributed by atoms with Crippen LogP contribution in [0.5, 0.6) is 0 Å². The van der Waals surface area contributed by atoms with Crippen LogP contribution in [0.1, 0.15) is 42.4 Å². The van der Waals surface area contributed by atoms with Gasteiger partial charge in [0.05, 0.1) is 27.9 Å². The minimum Gasteiger partial charge on any atom is -0.334 e. The van der Waals surface area contributed by atoms with E-state index in [9.17, 15) is 14.4 Å². The number of carbonyl (C=O) groups excluding carboxylic acids is 1. The molecule has 0 saturated carbocycles. The zero-order valence-electron chi connectivity index (χ0n) is 19.8. The molecule has 1 aliphatic rings. The number of hydrogen-bond donors (Lipinski definition) is 1. The van der Waals surface area contributed by atoms with Crippen LogP contribution in [0.15, 0.2) is 58.3 Å². The van der Waals surface area contributed by atoms with Crippen molar-refractivity contribution in [1.29, 1.82) is 0 Å². The molecule has 0 unspecified atom stereocenters. The first-order valence-corrected chi connectivity index (χ1v) is 11.9. The highest BCUT2D eigenvalue weighted by atomic mass is 35.5. The summed E-state index contributed by atoms with van der Waals surface area (Å²) in [5.74, 6) is -0.145. The lowest BCUT2D eigenvalue weighted by molar-refractivity contribution is 0.0680. The van der Waals surface area contributed by atoms with Crippen LogP contribution in [0.4, 0.5) is 0 Å². The standard InChI is InChI=1S/C26H26ClN5O3/c1-4-31-21-10-9-16(11-19(21)29-23(33)25(31)35)24(34)30-14-17-13-28-32(20-8-6-5-7-18(20)27)22(17)12-26(2,3)15-30/h5-11,13H,4,12,14-15H2,1-3H3,(H,29,33). The molecule has 1 N–H and O–H groups in total. The van der Waals surface area contributed by atoms with Crippen molar-refractivity contribution in [3.63, 3.8) is 0 Å². The minimum absolute atomic E-state index is 0.145. The summed E-state index contributed by atoms with van der Waals surface area (Å²) in [5.41, 5.74) is 2.81. The Kier molecular flexibility index (Phi) is 5.63. The van der Waals surface area contributed by atoms with Gasteiger partial charge in [0, 0.05) is 36.5 Å².